The zero-order chi connectivity index (χ0) is 5.98. The Bertz CT molecular complexity index is 137. The fourth-order valence-corrected chi connectivity index (χ4v) is 0.741. The van der Waals surface area contributed by atoms with Crippen molar-refractivity contribution in [1.82, 2.24) is 0 Å². The van der Waals surface area contributed by atoms with Gasteiger partial charge in [-0.3, -0.25) is 0 Å². The largest absolute Gasteiger partial charge is 0.249 e. The van der Waals surface area contributed by atoms with Gasteiger partial charge in [0.15, 0.2) is 0 Å². The number of allylic oxidation sites excluding steroid dienone is 1. The van der Waals surface area contributed by atoms with Crippen molar-refractivity contribution >= 4 is 17.8 Å². The Morgan fingerprint density at radius 2 is 2.62 bits per heavy atom. The summed E-state index contributed by atoms with van der Waals surface area (Å²) in [5.41, 5.74) is 0. The molecule has 1 atom stereocenters. The second-order valence-corrected chi connectivity index (χ2v) is 2.41. The lowest BCUT2D eigenvalue weighted by atomic mass is 10.1. The Balaban J connectivity index is 2.58. The molecule has 1 aliphatic rings. The molecule has 0 aromatic carbocycles. The Kier molecular flexibility index (Phi) is 1.69. The van der Waals surface area contributed by atoms with Gasteiger partial charge in [0.25, 0.3) is 0 Å². The first-order chi connectivity index (χ1) is 3.79. The standard InChI is InChI=1S/C6H8ClN/c1-5-2-3-6(7)8-4-5/h3-5H,2H2,1H3. The van der Waals surface area contributed by atoms with E-state index in [0.29, 0.717) is 11.1 Å². The average Bonchev–Trinajstić information content (AvgIpc) is 1.77. The fourth-order valence-electron chi connectivity index (χ4n) is 0.595. The number of hydrogen-bond donors (Lipinski definition) is 0. The lowest BCUT2D eigenvalue weighted by Gasteiger charge is -2.04. The van der Waals surface area contributed by atoms with Gasteiger partial charge < -0.3 is 0 Å². The molecule has 0 saturated carbocycles. The third-order valence-corrected chi connectivity index (χ3v) is 1.36. The van der Waals surface area contributed by atoms with Crippen LogP contribution >= 0.6 is 11.6 Å². The first-order valence-corrected chi connectivity index (χ1v) is 3.06. The van der Waals surface area contributed by atoms with Crippen LogP contribution in [0.15, 0.2) is 16.2 Å². The molecule has 0 aliphatic carbocycles. The highest BCUT2D eigenvalue weighted by molar-refractivity contribution is 6.29. The van der Waals surface area contributed by atoms with Gasteiger partial charge in [-0.05, 0) is 18.4 Å². The molecule has 0 amide bonds. The smallest absolute Gasteiger partial charge is 0.124 e. The highest BCUT2D eigenvalue weighted by Gasteiger charge is 2.00. The van der Waals surface area contributed by atoms with Crippen molar-refractivity contribution in [2.75, 3.05) is 0 Å². The van der Waals surface area contributed by atoms with Gasteiger partial charge >= 0.3 is 0 Å². The van der Waals surface area contributed by atoms with Crippen molar-refractivity contribution in [1.29, 1.82) is 0 Å². The van der Waals surface area contributed by atoms with Crippen LogP contribution in [0, 0.1) is 5.92 Å². The summed E-state index contributed by atoms with van der Waals surface area (Å²) in [6.45, 7) is 2.11. The van der Waals surface area contributed by atoms with Gasteiger partial charge in [-0.1, -0.05) is 18.5 Å². The van der Waals surface area contributed by atoms with Crippen molar-refractivity contribution in [3.63, 3.8) is 0 Å². The first kappa shape index (κ1) is 5.83. The molecule has 0 saturated heterocycles. The summed E-state index contributed by atoms with van der Waals surface area (Å²) in [7, 11) is 0. The number of halogens is 1. The van der Waals surface area contributed by atoms with E-state index in [0.717, 1.165) is 6.42 Å². The summed E-state index contributed by atoms with van der Waals surface area (Å²) in [5.74, 6) is 0.567. The summed E-state index contributed by atoms with van der Waals surface area (Å²) in [4.78, 5) is 3.91. The number of rotatable bonds is 0. The molecule has 0 N–H and O–H groups in total. The van der Waals surface area contributed by atoms with E-state index in [4.69, 9.17) is 11.6 Å². The van der Waals surface area contributed by atoms with Crippen molar-refractivity contribution < 1.29 is 0 Å². The first-order valence-electron chi connectivity index (χ1n) is 2.69. The SMILES string of the molecule is CC1C=NC(Cl)=CC1. The summed E-state index contributed by atoms with van der Waals surface area (Å²) >= 11 is 5.55. The molecule has 1 unspecified atom stereocenters. The van der Waals surface area contributed by atoms with Gasteiger partial charge in [0.2, 0.25) is 0 Å². The van der Waals surface area contributed by atoms with E-state index in [1.807, 2.05) is 12.3 Å². The Labute approximate surface area is 54.1 Å². The molecule has 0 aromatic heterocycles. The molecular weight excluding hydrogens is 122 g/mol. The van der Waals surface area contributed by atoms with Gasteiger partial charge in [-0.25, -0.2) is 4.99 Å². The second-order valence-electron chi connectivity index (χ2n) is 2.02. The quantitative estimate of drug-likeness (QED) is 0.445. The summed E-state index contributed by atoms with van der Waals surface area (Å²) in [5, 5.41) is 0.628. The van der Waals surface area contributed by atoms with Crippen LogP contribution in [0.2, 0.25) is 0 Å². The van der Waals surface area contributed by atoms with Crippen LogP contribution in [-0.4, -0.2) is 6.21 Å². The van der Waals surface area contributed by atoms with Gasteiger partial charge in [0, 0.05) is 6.21 Å². The average molecular weight is 130 g/mol. The highest BCUT2D eigenvalue weighted by Crippen LogP contribution is 2.13. The predicted octanol–water partition coefficient (Wildman–Crippen LogP) is 2.18. The van der Waals surface area contributed by atoms with Crippen LogP contribution in [-0.2, 0) is 0 Å². The maximum absolute atomic E-state index is 5.55. The molecular formula is C6H8ClN. The van der Waals surface area contributed by atoms with Crippen LogP contribution in [0.25, 0.3) is 0 Å². The zero-order valence-corrected chi connectivity index (χ0v) is 5.52. The third kappa shape index (κ3) is 1.34. The van der Waals surface area contributed by atoms with Crippen LogP contribution in [0.4, 0.5) is 0 Å². The molecule has 44 valence electrons. The fraction of sp³-hybridized carbons (Fsp3) is 0.500. The van der Waals surface area contributed by atoms with E-state index in [9.17, 15) is 0 Å². The van der Waals surface area contributed by atoms with Crippen molar-refractivity contribution in [2.45, 2.75) is 13.3 Å². The topological polar surface area (TPSA) is 12.4 Å². The number of hydrogen-bond acceptors (Lipinski definition) is 1. The zero-order valence-electron chi connectivity index (χ0n) is 4.76. The monoisotopic (exact) mass is 129 g/mol. The second kappa shape index (κ2) is 2.31. The molecule has 0 bridgehead atoms. The van der Waals surface area contributed by atoms with Gasteiger partial charge in [-0.15, -0.1) is 0 Å². The van der Waals surface area contributed by atoms with Gasteiger partial charge in [-0.2, -0.15) is 0 Å². The molecule has 0 aromatic rings. The third-order valence-electron chi connectivity index (χ3n) is 1.11. The van der Waals surface area contributed by atoms with Crippen LogP contribution in [0.3, 0.4) is 0 Å². The maximum atomic E-state index is 5.55. The minimum absolute atomic E-state index is 0.567. The van der Waals surface area contributed by atoms with E-state index in [2.05, 4.69) is 11.9 Å². The van der Waals surface area contributed by atoms with Crippen LogP contribution in [0.5, 0.6) is 0 Å². The van der Waals surface area contributed by atoms with Gasteiger partial charge in [0.05, 0.1) is 0 Å². The van der Waals surface area contributed by atoms with Crippen LogP contribution in [0.1, 0.15) is 13.3 Å². The number of nitrogens with zero attached hydrogens (tertiary/aromatic N) is 1. The highest BCUT2D eigenvalue weighted by atomic mass is 35.5. The Morgan fingerprint density at radius 1 is 1.88 bits per heavy atom. The van der Waals surface area contributed by atoms with E-state index < -0.39 is 0 Å². The lowest BCUT2D eigenvalue weighted by Crippen LogP contribution is -1.97. The molecule has 0 spiro atoms. The Hall–Kier alpha value is -0.300. The predicted molar refractivity (Wildman–Crippen MR) is 36.2 cm³/mol. The lowest BCUT2D eigenvalue weighted by molar-refractivity contribution is 0.793. The normalized spacial score (nSPS) is 27.8. The maximum Gasteiger partial charge on any atom is 0.124 e. The van der Waals surface area contributed by atoms with E-state index >= 15 is 0 Å². The van der Waals surface area contributed by atoms with E-state index in [1.54, 1.807) is 0 Å². The summed E-state index contributed by atoms with van der Waals surface area (Å²) < 4.78 is 0. The van der Waals surface area contributed by atoms with E-state index in [-0.39, 0.29) is 0 Å². The summed E-state index contributed by atoms with van der Waals surface area (Å²) in [6.07, 6.45) is 4.84. The number of aliphatic imine (C=N–C) groups is 1. The van der Waals surface area contributed by atoms with Crippen molar-refractivity contribution in [3.8, 4) is 0 Å². The molecule has 1 aliphatic heterocycles. The van der Waals surface area contributed by atoms with Crippen LogP contribution < -0.4 is 0 Å². The van der Waals surface area contributed by atoms with Crippen molar-refractivity contribution in [2.24, 2.45) is 10.9 Å². The molecule has 0 fully saturated rings. The minimum Gasteiger partial charge on any atom is -0.249 e. The van der Waals surface area contributed by atoms with E-state index in [1.165, 1.54) is 0 Å². The summed E-state index contributed by atoms with van der Waals surface area (Å²) in [6, 6.07) is 0. The molecule has 2 heteroatoms. The molecule has 1 nitrogen and oxygen atoms in total. The molecule has 1 heterocycles. The minimum atomic E-state index is 0.567. The van der Waals surface area contributed by atoms with Crippen molar-refractivity contribution in [3.05, 3.63) is 11.2 Å². The Morgan fingerprint density at radius 3 is 3.00 bits per heavy atom. The van der Waals surface area contributed by atoms with Gasteiger partial charge in [0.1, 0.15) is 5.16 Å². The molecule has 0 radical (unpaired) electrons. The molecule has 1 rings (SSSR count). The molecule has 8 heavy (non-hydrogen) atoms.